The number of hydrogen-bond donors (Lipinski definition) is 1. The zero-order valence-electron chi connectivity index (χ0n) is 13.9. The summed E-state index contributed by atoms with van der Waals surface area (Å²) in [6, 6.07) is 15.7. The quantitative estimate of drug-likeness (QED) is 0.831. The van der Waals surface area contributed by atoms with Gasteiger partial charge in [0.25, 0.3) is 0 Å². The van der Waals surface area contributed by atoms with Crippen molar-refractivity contribution in [3.8, 4) is 0 Å². The smallest absolute Gasteiger partial charge is 0.237 e. The summed E-state index contributed by atoms with van der Waals surface area (Å²) in [5.74, 6) is -0.360. The molecule has 24 heavy (non-hydrogen) atoms. The van der Waals surface area contributed by atoms with E-state index in [2.05, 4.69) is 15.2 Å². The minimum absolute atomic E-state index is 0.0316. The molecule has 5 heteroatoms. The number of benzene rings is 2. The van der Waals surface area contributed by atoms with Gasteiger partial charge < -0.3 is 15.0 Å². The molecular weight excluding hydrogens is 302 g/mol. The second-order valence-electron chi connectivity index (χ2n) is 5.76. The third-order valence-corrected chi connectivity index (χ3v) is 4.13. The Morgan fingerprint density at radius 2 is 1.96 bits per heavy atom. The fourth-order valence-electron chi connectivity index (χ4n) is 2.69. The number of rotatable bonds is 6. The van der Waals surface area contributed by atoms with E-state index in [9.17, 15) is 4.79 Å². The van der Waals surface area contributed by atoms with Gasteiger partial charge in [-0.25, -0.2) is 0 Å². The van der Waals surface area contributed by atoms with Crippen LogP contribution in [-0.4, -0.2) is 39.4 Å². The summed E-state index contributed by atoms with van der Waals surface area (Å²) in [5, 5.41) is 2.88. The van der Waals surface area contributed by atoms with Gasteiger partial charge in [0, 0.05) is 38.3 Å². The number of carbonyl (C=O) groups is 1. The Kier molecular flexibility index (Phi) is 4.91. The van der Waals surface area contributed by atoms with Gasteiger partial charge in [0.2, 0.25) is 5.91 Å². The number of amides is 1. The predicted octanol–water partition coefficient (Wildman–Crippen LogP) is 3.21. The Hall–Kier alpha value is -2.66. The summed E-state index contributed by atoms with van der Waals surface area (Å²) in [6.07, 6.45) is 1.71. The second-order valence-corrected chi connectivity index (χ2v) is 5.76. The molecule has 2 aromatic carbocycles. The van der Waals surface area contributed by atoms with Gasteiger partial charge in [-0.05, 0) is 35.9 Å². The molecule has 1 N–H and O–H groups in total. The first-order valence-corrected chi connectivity index (χ1v) is 7.93. The number of methoxy groups -OCH3 is 1. The number of fused-ring (bicyclic) bond motifs is 1. The maximum Gasteiger partial charge on any atom is 0.237 e. The lowest BCUT2D eigenvalue weighted by Crippen LogP contribution is -2.21. The van der Waals surface area contributed by atoms with Crippen molar-refractivity contribution in [3.05, 3.63) is 54.1 Å². The van der Waals surface area contributed by atoms with E-state index in [4.69, 9.17) is 4.74 Å². The molecule has 0 aliphatic carbocycles. The second kappa shape index (κ2) is 7.27. The zero-order chi connectivity index (χ0) is 16.9. The van der Waals surface area contributed by atoms with Gasteiger partial charge in [-0.15, -0.1) is 0 Å². The average Bonchev–Trinajstić information content (AvgIpc) is 2.93. The van der Waals surface area contributed by atoms with E-state index in [1.54, 1.807) is 13.3 Å². The first kappa shape index (κ1) is 16.2. The fourth-order valence-corrected chi connectivity index (χ4v) is 2.69. The molecular formula is C19H21N3O2. The fraction of sp³-hybridized carbons (Fsp3) is 0.263. The third-order valence-electron chi connectivity index (χ3n) is 4.13. The number of hydrogen-bond acceptors (Lipinski definition) is 4. The largest absolute Gasteiger partial charge is 0.383 e. The summed E-state index contributed by atoms with van der Waals surface area (Å²) < 4.78 is 5.09. The van der Waals surface area contributed by atoms with Crippen LogP contribution in [0.25, 0.3) is 0 Å². The number of para-hydroxylation sites is 1. The molecule has 0 fully saturated rings. The first-order chi connectivity index (χ1) is 11.7. The normalized spacial score (nSPS) is 16.2. The molecule has 0 radical (unpaired) electrons. The van der Waals surface area contributed by atoms with Crippen LogP contribution in [0.2, 0.25) is 0 Å². The molecule has 1 amide bonds. The van der Waals surface area contributed by atoms with Gasteiger partial charge in [-0.3, -0.25) is 9.79 Å². The van der Waals surface area contributed by atoms with E-state index < -0.39 is 0 Å². The Morgan fingerprint density at radius 3 is 2.71 bits per heavy atom. The molecule has 0 aromatic heterocycles. The molecule has 1 aliphatic rings. The van der Waals surface area contributed by atoms with Gasteiger partial charge in [-0.1, -0.05) is 18.2 Å². The van der Waals surface area contributed by atoms with Crippen molar-refractivity contribution in [2.75, 3.05) is 37.5 Å². The highest BCUT2D eigenvalue weighted by Crippen LogP contribution is 2.31. The van der Waals surface area contributed by atoms with Crippen LogP contribution in [0.5, 0.6) is 0 Å². The van der Waals surface area contributed by atoms with E-state index >= 15 is 0 Å². The molecule has 5 nitrogen and oxygen atoms in total. The van der Waals surface area contributed by atoms with Crippen LogP contribution in [0.1, 0.15) is 11.5 Å². The molecule has 3 rings (SSSR count). The van der Waals surface area contributed by atoms with Crippen LogP contribution in [0.3, 0.4) is 0 Å². The number of nitrogens with zero attached hydrogens (tertiary/aromatic N) is 2. The van der Waals surface area contributed by atoms with Gasteiger partial charge in [-0.2, -0.15) is 0 Å². The van der Waals surface area contributed by atoms with E-state index in [1.807, 2.05) is 55.6 Å². The summed E-state index contributed by atoms with van der Waals surface area (Å²) in [5.41, 5.74) is 3.78. The molecule has 1 atom stereocenters. The minimum atomic E-state index is -0.328. The van der Waals surface area contributed by atoms with Crippen molar-refractivity contribution in [1.82, 2.24) is 0 Å². The van der Waals surface area contributed by atoms with E-state index in [0.717, 1.165) is 29.2 Å². The highest BCUT2D eigenvalue weighted by molar-refractivity contribution is 6.12. The molecule has 2 aromatic rings. The lowest BCUT2D eigenvalue weighted by Gasteiger charge is -2.18. The number of likely N-dealkylation sites (N-methyl/N-ethyl adjacent to an activating group) is 1. The van der Waals surface area contributed by atoms with Crippen molar-refractivity contribution in [3.63, 3.8) is 0 Å². The topological polar surface area (TPSA) is 53.9 Å². The van der Waals surface area contributed by atoms with Crippen molar-refractivity contribution >= 4 is 29.2 Å². The molecule has 1 aliphatic heterocycles. The number of carbonyl (C=O) groups excluding carboxylic acids is 1. The van der Waals surface area contributed by atoms with Crippen molar-refractivity contribution in [2.24, 2.45) is 4.99 Å². The van der Waals surface area contributed by atoms with Crippen LogP contribution in [0.4, 0.5) is 17.1 Å². The summed E-state index contributed by atoms with van der Waals surface area (Å²) in [6.45, 7) is 1.52. The van der Waals surface area contributed by atoms with Gasteiger partial charge >= 0.3 is 0 Å². The minimum Gasteiger partial charge on any atom is -0.383 e. The van der Waals surface area contributed by atoms with Crippen LogP contribution in [0.15, 0.2) is 53.5 Å². The van der Waals surface area contributed by atoms with Gasteiger partial charge in [0.05, 0.1) is 12.3 Å². The van der Waals surface area contributed by atoms with Crippen LogP contribution in [0, 0.1) is 0 Å². The summed E-state index contributed by atoms with van der Waals surface area (Å²) in [7, 11) is 3.72. The Bertz CT molecular complexity index is 741. The summed E-state index contributed by atoms with van der Waals surface area (Å²) >= 11 is 0. The van der Waals surface area contributed by atoms with Crippen LogP contribution >= 0.6 is 0 Å². The Balaban J connectivity index is 1.70. The van der Waals surface area contributed by atoms with Crippen LogP contribution in [-0.2, 0) is 9.53 Å². The maximum absolute atomic E-state index is 12.1. The van der Waals surface area contributed by atoms with Crippen LogP contribution < -0.4 is 10.2 Å². The monoisotopic (exact) mass is 323 g/mol. The highest BCUT2D eigenvalue weighted by atomic mass is 16.5. The molecule has 0 bridgehead atoms. The van der Waals surface area contributed by atoms with Crippen molar-refractivity contribution in [1.29, 1.82) is 0 Å². The molecule has 124 valence electrons. The zero-order valence-corrected chi connectivity index (χ0v) is 13.9. The number of ether oxygens (including phenoxy) is 1. The van der Waals surface area contributed by atoms with Gasteiger partial charge in [0.1, 0.15) is 5.92 Å². The van der Waals surface area contributed by atoms with E-state index in [0.29, 0.717) is 6.61 Å². The number of aliphatic imine (C=N–C) groups is 1. The van der Waals surface area contributed by atoms with E-state index in [-0.39, 0.29) is 11.8 Å². The highest BCUT2D eigenvalue weighted by Gasteiger charge is 2.28. The average molecular weight is 323 g/mol. The molecule has 0 saturated carbocycles. The SMILES string of the molecule is COCCN(C)c1ccc(N=CC2C(=O)Nc3ccccc32)cc1. The number of anilines is 2. The Morgan fingerprint density at radius 1 is 1.21 bits per heavy atom. The molecule has 1 unspecified atom stereocenters. The lowest BCUT2D eigenvalue weighted by atomic mass is 10.0. The van der Waals surface area contributed by atoms with E-state index in [1.165, 1.54) is 0 Å². The maximum atomic E-state index is 12.1. The molecule has 0 saturated heterocycles. The molecule has 1 heterocycles. The number of nitrogens with one attached hydrogen (secondary N) is 1. The lowest BCUT2D eigenvalue weighted by molar-refractivity contribution is -0.115. The standard InChI is InChI=1S/C19H21N3O2/c1-22(11-12-24-2)15-9-7-14(8-10-15)20-13-17-16-5-3-4-6-18(16)21-19(17)23/h3-10,13,17H,11-12H2,1-2H3,(H,21,23). The van der Waals surface area contributed by atoms with Gasteiger partial charge in [0.15, 0.2) is 0 Å². The molecule has 0 spiro atoms. The Labute approximate surface area is 142 Å². The first-order valence-electron chi connectivity index (χ1n) is 7.93. The summed E-state index contributed by atoms with van der Waals surface area (Å²) in [4.78, 5) is 18.7. The van der Waals surface area contributed by atoms with Crippen molar-refractivity contribution in [2.45, 2.75) is 5.92 Å². The predicted molar refractivity (Wildman–Crippen MR) is 97.6 cm³/mol. The van der Waals surface area contributed by atoms with Crippen molar-refractivity contribution < 1.29 is 9.53 Å². The third kappa shape index (κ3) is 3.46.